The minimum absolute atomic E-state index is 0.227. The van der Waals surface area contributed by atoms with Crippen molar-refractivity contribution in [3.63, 3.8) is 0 Å². The van der Waals surface area contributed by atoms with Crippen LogP contribution in [0.4, 0.5) is 0 Å². The predicted molar refractivity (Wildman–Crippen MR) is 74.1 cm³/mol. The van der Waals surface area contributed by atoms with Crippen LogP contribution in [-0.2, 0) is 20.5 Å². The van der Waals surface area contributed by atoms with Crippen LogP contribution in [0.25, 0.3) is 0 Å². The standard InChI is InChI=1S/C16H20O4/c1-19-13-5-4-11(16(20-2)6-3-7-16)10-12(13)15(8-9-15)14(17)18/h4-5,10H,3,6-9H2,1-2H3,(H,17,18). The molecule has 0 amide bonds. The van der Waals surface area contributed by atoms with Gasteiger partial charge in [0.15, 0.2) is 0 Å². The van der Waals surface area contributed by atoms with Crippen molar-refractivity contribution >= 4 is 5.97 Å². The fourth-order valence-corrected chi connectivity index (χ4v) is 3.20. The van der Waals surface area contributed by atoms with E-state index in [2.05, 4.69) is 0 Å². The monoisotopic (exact) mass is 276 g/mol. The van der Waals surface area contributed by atoms with Crippen LogP contribution in [0.1, 0.15) is 43.2 Å². The molecule has 0 spiro atoms. The van der Waals surface area contributed by atoms with Crippen LogP contribution in [0.15, 0.2) is 18.2 Å². The number of hydrogen-bond acceptors (Lipinski definition) is 3. The Balaban J connectivity index is 2.06. The normalized spacial score (nSPS) is 21.9. The highest BCUT2D eigenvalue weighted by Gasteiger charge is 2.54. The molecule has 4 heteroatoms. The molecule has 0 atom stereocenters. The second kappa shape index (κ2) is 4.48. The smallest absolute Gasteiger partial charge is 0.314 e. The van der Waals surface area contributed by atoms with Crippen molar-refractivity contribution in [2.75, 3.05) is 14.2 Å². The Bertz CT molecular complexity index is 536. The zero-order chi connectivity index (χ0) is 14.4. The van der Waals surface area contributed by atoms with Crippen LogP contribution in [-0.4, -0.2) is 25.3 Å². The first kappa shape index (κ1) is 13.4. The molecule has 0 bridgehead atoms. The molecule has 0 radical (unpaired) electrons. The average Bonchev–Trinajstić information content (AvgIpc) is 3.19. The van der Waals surface area contributed by atoms with Crippen LogP contribution in [0, 0.1) is 0 Å². The van der Waals surface area contributed by atoms with Gasteiger partial charge in [-0.15, -0.1) is 0 Å². The van der Waals surface area contributed by atoms with Crippen LogP contribution in [0.3, 0.4) is 0 Å². The lowest BCUT2D eigenvalue weighted by Gasteiger charge is -2.41. The molecule has 1 aromatic carbocycles. The van der Waals surface area contributed by atoms with E-state index in [1.54, 1.807) is 14.2 Å². The molecule has 1 N–H and O–H groups in total. The third-order valence-corrected chi connectivity index (χ3v) is 4.95. The van der Waals surface area contributed by atoms with E-state index in [4.69, 9.17) is 9.47 Å². The molecule has 1 aromatic rings. The molecule has 108 valence electrons. The number of methoxy groups -OCH3 is 2. The van der Waals surface area contributed by atoms with Gasteiger partial charge in [-0.1, -0.05) is 6.07 Å². The molecule has 0 heterocycles. The Morgan fingerprint density at radius 1 is 1.20 bits per heavy atom. The van der Waals surface area contributed by atoms with E-state index in [-0.39, 0.29) is 5.60 Å². The van der Waals surface area contributed by atoms with Gasteiger partial charge in [-0.05, 0) is 49.8 Å². The van der Waals surface area contributed by atoms with Crippen LogP contribution in [0.2, 0.25) is 0 Å². The molecule has 0 aliphatic heterocycles. The first-order valence-electron chi connectivity index (χ1n) is 7.05. The van der Waals surface area contributed by atoms with Crippen molar-refractivity contribution in [2.45, 2.75) is 43.1 Å². The van der Waals surface area contributed by atoms with E-state index in [0.29, 0.717) is 18.6 Å². The van der Waals surface area contributed by atoms with Crippen molar-refractivity contribution in [3.8, 4) is 5.75 Å². The van der Waals surface area contributed by atoms with Crippen molar-refractivity contribution in [2.24, 2.45) is 0 Å². The van der Waals surface area contributed by atoms with Gasteiger partial charge in [0.25, 0.3) is 0 Å². The molecule has 20 heavy (non-hydrogen) atoms. The number of hydrogen-bond donors (Lipinski definition) is 1. The molecule has 2 aliphatic carbocycles. The molecule has 0 saturated heterocycles. The summed E-state index contributed by atoms with van der Waals surface area (Å²) in [6.07, 6.45) is 4.51. The van der Waals surface area contributed by atoms with Crippen molar-refractivity contribution in [1.82, 2.24) is 0 Å². The van der Waals surface area contributed by atoms with Gasteiger partial charge in [0.2, 0.25) is 0 Å². The van der Waals surface area contributed by atoms with Gasteiger partial charge in [0.05, 0.1) is 18.1 Å². The lowest BCUT2D eigenvalue weighted by molar-refractivity contribution is -0.140. The van der Waals surface area contributed by atoms with Gasteiger partial charge in [0.1, 0.15) is 5.75 Å². The predicted octanol–water partition coefficient (Wildman–Crippen LogP) is 2.84. The van der Waals surface area contributed by atoms with E-state index in [0.717, 1.165) is 30.4 Å². The molecule has 2 aliphatic rings. The summed E-state index contributed by atoms with van der Waals surface area (Å²) >= 11 is 0. The average molecular weight is 276 g/mol. The second-order valence-corrected chi connectivity index (χ2v) is 5.85. The van der Waals surface area contributed by atoms with E-state index in [1.165, 1.54) is 0 Å². The van der Waals surface area contributed by atoms with Gasteiger partial charge in [-0.25, -0.2) is 0 Å². The third-order valence-electron chi connectivity index (χ3n) is 4.95. The Morgan fingerprint density at radius 2 is 1.90 bits per heavy atom. The number of carbonyl (C=O) groups is 1. The summed E-state index contributed by atoms with van der Waals surface area (Å²) in [7, 11) is 3.32. The molecule has 2 fully saturated rings. The van der Waals surface area contributed by atoms with Crippen LogP contribution in [0.5, 0.6) is 5.75 Å². The lowest BCUT2D eigenvalue weighted by atomic mass is 9.74. The maximum Gasteiger partial charge on any atom is 0.314 e. The Kier molecular flexibility index (Phi) is 3.01. The highest BCUT2D eigenvalue weighted by atomic mass is 16.5. The summed E-state index contributed by atoms with van der Waals surface area (Å²) in [6.45, 7) is 0. The van der Waals surface area contributed by atoms with Gasteiger partial charge in [-0.2, -0.15) is 0 Å². The number of carboxylic acids is 1. The Morgan fingerprint density at radius 3 is 2.30 bits per heavy atom. The molecule has 3 rings (SSSR count). The van der Waals surface area contributed by atoms with E-state index in [1.807, 2.05) is 18.2 Å². The van der Waals surface area contributed by atoms with E-state index < -0.39 is 11.4 Å². The highest BCUT2D eigenvalue weighted by molar-refractivity contribution is 5.86. The molecule has 0 aromatic heterocycles. The summed E-state index contributed by atoms with van der Waals surface area (Å²) in [4.78, 5) is 11.6. The van der Waals surface area contributed by atoms with Gasteiger partial charge in [-0.3, -0.25) is 4.79 Å². The van der Waals surface area contributed by atoms with Crippen molar-refractivity contribution in [1.29, 1.82) is 0 Å². The van der Waals surface area contributed by atoms with Crippen LogP contribution >= 0.6 is 0 Å². The zero-order valence-electron chi connectivity index (χ0n) is 11.9. The minimum atomic E-state index is -0.756. The number of rotatable bonds is 5. The van der Waals surface area contributed by atoms with E-state index >= 15 is 0 Å². The molecule has 4 nitrogen and oxygen atoms in total. The quantitative estimate of drug-likeness (QED) is 0.898. The summed E-state index contributed by atoms with van der Waals surface area (Å²) in [6, 6.07) is 5.87. The van der Waals surface area contributed by atoms with E-state index in [9.17, 15) is 9.90 Å². The van der Waals surface area contributed by atoms with Crippen molar-refractivity contribution < 1.29 is 19.4 Å². The Hall–Kier alpha value is -1.55. The maximum atomic E-state index is 11.6. The first-order valence-corrected chi connectivity index (χ1v) is 7.05. The minimum Gasteiger partial charge on any atom is -0.496 e. The summed E-state index contributed by atoms with van der Waals surface area (Å²) in [5.74, 6) is -0.0905. The number of ether oxygens (including phenoxy) is 2. The maximum absolute atomic E-state index is 11.6. The Labute approximate surface area is 118 Å². The third kappa shape index (κ3) is 1.74. The van der Waals surface area contributed by atoms with Crippen molar-refractivity contribution in [3.05, 3.63) is 29.3 Å². The molecule has 0 unspecified atom stereocenters. The van der Waals surface area contributed by atoms with Gasteiger partial charge >= 0.3 is 5.97 Å². The summed E-state index contributed by atoms with van der Waals surface area (Å²) in [5.41, 5.74) is 0.901. The fourth-order valence-electron chi connectivity index (χ4n) is 3.20. The summed E-state index contributed by atoms with van der Waals surface area (Å²) in [5, 5.41) is 9.51. The number of benzene rings is 1. The largest absolute Gasteiger partial charge is 0.496 e. The topological polar surface area (TPSA) is 55.8 Å². The van der Waals surface area contributed by atoms with Gasteiger partial charge in [0, 0.05) is 12.7 Å². The highest BCUT2D eigenvalue weighted by Crippen LogP contribution is 2.53. The number of carboxylic acid groups (broad SMARTS) is 1. The molecule has 2 saturated carbocycles. The lowest BCUT2D eigenvalue weighted by Crippen LogP contribution is -2.36. The first-order chi connectivity index (χ1) is 9.58. The summed E-state index contributed by atoms with van der Waals surface area (Å²) < 4.78 is 11.1. The molecular formula is C16H20O4. The van der Waals surface area contributed by atoms with Gasteiger partial charge < -0.3 is 14.6 Å². The fraction of sp³-hybridized carbons (Fsp3) is 0.562. The van der Waals surface area contributed by atoms with Crippen LogP contribution < -0.4 is 4.74 Å². The SMILES string of the molecule is COc1ccc(C2(OC)CCC2)cc1C1(C(=O)O)CC1. The number of aliphatic carboxylic acids is 1. The second-order valence-electron chi connectivity index (χ2n) is 5.85. The molecular weight excluding hydrogens is 256 g/mol. The zero-order valence-corrected chi connectivity index (χ0v) is 11.9.